The van der Waals surface area contributed by atoms with Crippen molar-refractivity contribution in [2.75, 3.05) is 26.2 Å². The van der Waals surface area contributed by atoms with Crippen LogP contribution < -0.4 is 0 Å². The number of imidazole rings is 1. The van der Waals surface area contributed by atoms with E-state index in [1.54, 1.807) is 29.2 Å². The maximum Gasteiger partial charge on any atom is 0.269 e. The fraction of sp³-hybridized carbons (Fsp3) is 0.161. The van der Waals surface area contributed by atoms with Crippen LogP contribution in [0.4, 0.5) is 10.1 Å². The van der Waals surface area contributed by atoms with E-state index in [2.05, 4.69) is 27.6 Å². The second kappa shape index (κ2) is 10.7. The summed E-state index contributed by atoms with van der Waals surface area (Å²) in [5, 5.41) is 11.2. The number of hydrogen-bond acceptors (Lipinski definition) is 5. The number of non-ortho nitro benzene ring substituents is 1. The van der Waals surface area contributed by atoms with E-state index in [9.17, 15) is 19.3 Å². The number of hydrogen-bond donors (Lipinski definition) is 0. The molecule has 1 fully saturated rings. The van der Waals surface area contributed by atoms with Crippen LogP contribution in [0.15, 0.2) is 97.2 Å². The minimum atomic E-state index is -0.511. The summed E-state index contributed by atoms with van der Waals surface area (Å²) in [7, 11) is 0. The van der Waals surface area contributed by atoms with Gasteiger partial charge in [-0.3, -0.25) is 19.8 Å². The van der Waals surface area contributed by atoms with Gasteiger partial charge < -0.3 is 9.30 Å². The van der Waals surface area contributed by atoms with Crippen molar-refractivity contribution < 1.29 is 14.1 Å². The van der Waals surface area contributed by atoms with Gasteiger partial charge in [-0.05, 0) is 47.5 Å². The van der Waals surface area contributed by atoms with E-state index in [-0.39, 0.29) is 17.2 Å². The minimum Gasteiger partial charge on any atom is -0.336 e. The summed E-state index contributed by atoms with van der Waals surface area (Å²) in [5.41, 5.74) is 5.52. The third-order valence-corrected chi connectivity index (χ3v) is 7.31. The first-order chi connectivity index (χ1) is 19.5. The van der Waals surface area contributed by atoms with Gasteiger partial charge in [-0.2, -0.15) is 0 Å². The van der Waals surface area contributed by atoms with E-state index in [1.807, 2.05) is 30.3 Å². The average Bonchev–Trinajstić information content (AvgIpc) is 3.35. The molecule has 0 aliphatic carbocycles. The number of fused-ring (bicyclic) bond motifs is 1. The summed E-state index contributed by atoms with van der Waals surface area (Å²) in [5.74, 6) is -0.811. The van der Waals surface area contributed by atoms with Gasteiger partial charge >= 0.3 is 0 Å². The lowest BCUT2D eigenvalue weighted by molar-refractivity contribution is -0.384. The summed E-state index contributed by atoms with van der Waals surface area (Å²) < 4.78 is 16.3. The molecule has 0 bridgehead atoms. The van der Waals surface area contributed by atoms with Gasteiger partial charge in [-0.1, -0.05) is 42.5 Å². The number of pyridine rings is 1. The van der Waals surface area contributed by atoms with E-state index in [0.29, 0.717) is 32.7 Å². The number of aromatic nitrogens is 2. The first-order valence-electron chi connectivity index (χ1n) is 13.1. The van der Waals surface area contributed by atoms with Gasteiger partial charge in [0.2, 0.25) is 0 Å². The summed E-state index contributed by atoms with van der Waals surface area (Å²) in [6.45, 7) is 2.75. The molecule has 1 amide bonds. The Labute approximate surface area is 230 Å². The summed E-state index contributed by atoms with van der Waals surface area (Å²) in [6, 6.07) is 26.6. The molecule has 1 saturated heterocycles. The Bertz CT molecular complexity index is 1690. The van der Waals surface area contributed by atoms with Crippen LogP contribution >= 0.6 is 0 Å². The molecule has 1 aliphatic heterocycles. The molecule has 6 rings (SSSR count). The molecule has 0 spiro atoms. The smallest absolute Gasteiger partial charge is 0.269 e. The SMILES string of the molecule is O=C(c1ccccc1F)N1CCN(Cc2c(-c3ccc([N+](=O)[O-])cc3)nc3ccc(-c4ccccc4)cn23)CC1. The molecule has 3 aromatic carbocycles. The quantitative estimate of drug-likeness (QED) is 0.207. The maximum atomic E-state index is 14.2. The maximum absolute atomic E-state index is 14.2. The van der Waals surface area contributed by atoms with Crippen molar-refractivity contribution in [3.8, 4) is 22.4 Å². The highest BCUT2D eigenvalue weighted by Crippen LogP contribution is 2.30. The van der Waals surface area contributed by atoms with Crippen molar-refractivity contribution in [3.05, 3.63) is 124 Å². The van der Waals surface area contributed by atoms with E-state index in [0.717, 1.165) is 33.7 Å². The lowest BCUT2D eigenvalue weighted by atomic mass is 10.1. The van der Waals surface area contributed by atoms with Gasteiger partial charge in [-0.25, -0.2) is 9.37 Å². The zero-order chi connectivity index (χ0) is 27.6. The van der Waals surface area contributed by atoms with Crippen LogP contribution in [0.25, 0.3) is 28.0 Å². The number of halogens is 1. The molecular weight excluding hydrogens is 509 g/mol. The lowest BCUT2D eigenvalue weighted by Gasteiger charge is -2.34. The van der Waals surface area contributed by atoms with E-state index in [4.69, 9.17) is 4.98 Å². The Balaban J connectivity index is 1.31. The number of nitro benzene ring substituents is 1. The van der Waals surface area contributed by atoms with Gasteiger partial charge in [-0.15, -0.1) is 0 Å². The summed E-state index contributed by atoms with van der Waals surface area (Å²) in [6.07, 6.45) is 2.07. The first kappa shape index (κ1) is 25.4. The predicted molar refractivity (Wildman–Crippen MR) is 150 cm³/mol. The van der Waals surface area contributed by atoms with Gasteiger partial charge in [0.25, 0.3) is 11.6 Å². The predicted octanol–water partition coefficient (Wildman–Crippen LogP) is 5.67. The standard InChI is InChI=1S/C31H26FN5O3/c32-27-9-5-4-8-26(27)31(38)35-18-16-34(17-19-35)21-28-30(23-10-13-25(14-11-23)37(39)40)33-29-15-12-24(20-36(28)29)22-6-2-1-3-7-22/h1-15,20H,16-19,21H2. The fourth-order valence-electron chi connectivity index (χ4n) is 5.14. The monoisotopic (exact) mass is 535 g/mol. The third-order valence-electron chi connectivity index (χ3n) is 7.31. The van der Waals surface area contributed by atoms with E-state index >= 15 is 0 Å². The highest BCUT2D eigenvalue weighted by Gasteiger charge is 2.26. The van der Waals surface area contributed by atoms with Gasteiger partial charge in [0, 0.05) is 56.6 Å². The second-order valence-electron chi connectivity index (χ2n) is 9.77. The molecule has 8 nitrogen and oxygen atoms in total. The van der Waals surface area contributed by atoms with Crippen molar-refractivity contribution in [2.24, 2.45) is 0 Å². The minimum absolute atomic E-state index is 0.0241. The molecule has 1 aliphatic rings. The van der Waals surface area contributed by atoms with Crippen LogP contribution in [0.2, 0.25) is 0 Å². The summed E-state index contributed by atoms with van der Waals surface area (Å²) >= 11 is 0. The van der Waals surface area contributed by atoms with Crippen LogP contribution in [-0.4, -0.2) is 56.2 Å². The molecule has 0 N–H and O–H groups in total. The lowest BCUT2D eigenvalue weighted by Crippen LogP contribution is -2.48. The zero-order valence-electron chi connectivity index (χ0n) is 21.6. The molecule has 0 atom stereocenters. The Morgan fingerprint density at radius 1 is 0.825 bits per heavy atom. The molecule has 0 radical (unpaired) electrons. The number of nitro groups is 1. The summed E-state index contributed by atoms with van der Waals surface area (Å²) in [4.78, 5) is 32.6. The van der Waals surface area contributed by atoms with Gasteiger partial charge in [0.05, 0.1) is 21.9 Å². The number of amides is 1. The van der Waals surface area contributed by atoms with Crippen LogP contribution in [0, 0.1) is 15.9 Å². The number of benzene rings is 3. The third kappa shape index (κ3) is 4.94. The topological polar surface area (TPSA) is 84.0 Å². The van der Waals surface area contributed by atoms with Crippen LogP contribution in [-0.2, 0) is 6.54 Å². The van der Waals surface area contributed by atoms with Crippen LogP contribution in [0.1, 0.15) is 16.1 Å². The Hall–Kier alpha value is -4.89. The van der Waals surface area contributed by atoms with Crippen molar-refractivity contribution in [2.45, 2.75) is 6.54 Å². The number of piperazine rings is 1. The Morgan fingerprint density at radius 3 is 2.20 bits per heavy atom. The largest absolute Gasteiger partial charge is 0.336 e. The molecule has 3 heterocycles. The average molecular weight is 536 g/mol. The molecule has 9 heteroatoms. The normalized spacial score (nSPS) is 14.0. The number of carbonyl (C=O) groups excluding carboxylic acids is 1. The van der Waals surface area contributed by atoms with Crippen LogP contribution in [0.5, 0.6) is 0 Å². The molecule has 5 aromatic rings. The molecule has 40 heavy (non-hydrogen) atoms. The molecule has 2 aromatic heterocycles. The highest BCUT2D eigenvalue weighted by atomic mass is 19.1. The van der Waals surface area contributed by atoms with Crippen molar-refractivity contribution in [3.63, 3.8) is 0 Å². The van der Waals surface area contributed by atoms with Gasteiger partial charge in [0.15, 0.2) is 0 Å². The Kier molecular flexibility index (Phi) is 6.79. The molecule has 200 valence electrons. The number of carbonyl (C=O) groups is 1. The molecular formula is C31H26FN5O3. The van der Waals surface area contributed by atoms with Crippen molar-refractivity contribution in [1.82, 2.24) is 19.2 Å². The molecule has 0 saturated carbocycles. The van der Waals surface area contributed by atoms with E-state index < -0.39 is 10.7 Å². The van der Waals surface area contributed by atoms with Gasteiger partial charge in [0.1, 0.15) is 11.5 Å². The van der Waals surface area contributed by atoms with Crippen LogP contribution in [0.3, 0.4) is 0 Å². The highest BCUT2D eigenvalue weighted by molar-refractivity contribution is 5.94. The Morgan fingerprint density at radius 2 is 1.50 bits per heavy atom. The number of nitrogens with zero attached hydrogens (tertiary/aromatic N) is 5. The first-order valence-corrected chi connectivity index (χ1v) is 13.1. The van der Waals surface area contributed by atoms with E-state index in [1.165, 1.54) is 24.3 Å². The fourth-order valence-corrected chi connectivity index (χ4v) is 5.14. The number of rotatable bonds is 6. The van der Waals surface area contributed by atoms with Crippen molar-refractivity contribution in [1.29, 1.82) is 0 Å². The molecule has 0 unspecified atom stereocenters. The zero-order valence-corrected chi connectivity index (χ0v) is 21.6. The second-order valence-corrected chi connectivity index (χ2v) is 9.77. The van der Waals surface area contributed by atoms with Crippen molar-refractivity contribution >= 4 is 17.2 Å².